The van der Waals surface area contributed by atoms with E-state index in [0.29, 0.717) is 45.7 Å². The van der Waals surface area contributed by atoms with Gasteiger partial charge in [0.25, 0.3) is 0 Å². The van der Waals surface area contributed by atoms with Gasteiger partial charge in [0.1, 0.15) is 0 Å². The predicted octanol–water partition coefficient (Wildman–Crippen LogP) is 1.21. The Morgan fingerprint density at radius 1 is 0.895 bits per heavy atom. The summed E-state index contributed by atoms with van der Waals surface area (Å²) < 4.78 is 21.9. The van der Waals surface area contributed by atoms with E-state index >= 15 is 0 Å². The molecule has 0 aromatic carbocycles. The number of hydrogen-bond acceptors (Lipinski definition) is 5. The molecule has 1 aliphatic heterocycles. The minimum Gasteiger partial charge on any atom is -0.377 e. The molecule has 1 saturated heterocycles. The van der Waals surface area contributed by atoms with Crippen LogP contribution in [0.2, 0.25) is 0 Å². The Hall–Kier alpha value is -0.200. The van der Waals surface area contributed by atoms with E-state index in [0.717, 1.165) is 25.9 Å². The standard InChI is InChI=1S/C14H29NO4/c1-13(2)18-11-9-16-7-8-17-10-12-19-14-3-5-15-6-4-14/h13-15H,3-12H2,1-2H3. The van der Waals surface area contributed by atoms with E-state index in [2.05, 4.69) is 5.32 Å². The Labute approximate surface area is 116 Å². The van der Waals surface area contributed by atoms with Crippen molar-refractivity contribution in [2.24, 2.45) is 0 Å². The Balaban J connectivity index is 1.73. The first-order chi connectivity index (χ1) is 9.29. The second kappa shape index (κ2) is 11.6. The van der Waals surface area contributed by atoms with Gasteiger partial charge in [-0.15, -0.1) is 0 Å². The maximum absolute atomic E-state index is 5.73. The number of hydrogen-bond donors (Lipinski definition) is 1. The van der Waals surface area contributed by atoms with Gasteiger partial charge in [-0.3, -0.25) is 0 Å². The summed E-state index contributed by atoms with van der Waals surface area (Å²) in [4.78, 5) is 0. The third-order valence-corrected chi connectivity index (χ3v) is 2.92. The average molecular weight is 275 g/mol. The summed E-state index contributed by atoms with van der Waals surface area (Å²) in [7, 11) is 0. The van der Waals surface area contributed by atoms with Gasteiger partial charge in [0.05, 0.1) is 51.8 Å². The van der Waals surface area contributed by atoms with Crippen molar-refractivity contribution in [3.8, 4) is 0 Å². The van der Waals surface area contributed by atoms with Crippen molar-refractivity contribution in [2.75, 3.05) is 52.7 Å². The van der Waals surface area contributed by atoms with Gasteiger partial charge in [-0.25, -0.2) is 0 Å². The lowest BCUT2D eigenvalue weighted by Gasteiger charge is -2.22. The van der Waals surface area contributed by atoms with Gasteiger partial charge in [0.2, 0.25) is 0 Å². The Bertz CT molecular complexity index is 196. The van der Waals surface area contributed by atoms with Crippen molar-refractivity contribution < 1.29 is 18.9 Å². The molecule has 1 aliphatic rings. The van der Waals surface area contributed by atoms with Gasteiger partial charge in [0.15, 0.2) is 0 Å². The average Bonchev–Trinajstić information content (AvgIpc) is 2.42. The molecule has 0 bridgehead atoms. The van der Waals surface area contributed by atoms with Crippen molar-refractivity contribution in [2.45, 2.75) is 38.9 Å². The first-order valence-electron chi connectivity index (χ1n) is 7.38. The van der Waals surface area contributed by atoms with Crippen LogP contribution < -0.4 is 5.32 Å². The maximum atomic E-state index is 5.73. The molecule has 0 aromatic heterocycles. The summed E-state index contributed by atoms with van der Waals surface area (Å²) in [6.45, 7) is 10.0. The Morgan fingerprint density at radius 2 is 1.47 bits per heavy atom. The molecule has 1 fully saturated rings. The molecule has 0 aliphatic carbocycles. The third-order valence-electron chi connectivity index (χ3n) is 2.92. The van der Waals surface area contributed by atoms with Crippen LogP contribution in [0.5, 0.6) is 0 Å². The molecule has 5 nitrogen and oxygen atoms in total. The number of nitrogens with one attached hydrogen (secondary N) is 1. The summed E-state index contributed by atoms with van der Waals surface area (Å²) >= 11 is 0. The highest BCUT2D eigenvalue weighted by Crippen LogP contribution is 2.06. The number of rotatable bonds is 11. The molecule has 1 heterocycles. The van der Waals surface area contributed by atoms with Gasteiger partial charge in [-0.2, -0.15) is 0 Å². The molecule has 0 saturated carbocycles. The molecule has 0 aromatic rings. The summed E-state index contributed by atoms with van der Waals surface area (Å²) in [6, 6.07) is 0. The third kappa shape index (κ3) is 10.3. The second-order valence-electron chi connectivity index (χ2n) is 4.96. The van der Waals surface area contributed by atoms with E-state index in [4.69, 9.17) is 18.9 Å². The summed E-state index contributed by atoms with van der Waals surface area (Å²) in [5.74, 6) is 0. The van der Waals surface area contributed by atoms with E-state index < -0.39 is 0 Å². The predicted molar refractivity (Wildman–Crippen MR) is 74.6 cm³/mol. The van der Waals surface area contributed by atoms with Crippen LogP contribution in [-0.2, 0) is 18.9 Å². The van der Waals surface area contributed by atoms with E-state index in [9.17, 15) is 0 Å². The number of ether oxygens (including phenoxy) is 4. The van der Waals surface area contributed by atoms with Crippen LogP contribution in [0.4, 0.5) is 0 Å². The smallest absolute Gasteiger partial charge is 0.0704 e. The minimum absolute atomic E-state index is 0.270. The topological polar surface area (TPSA) is 49.0 Å². The molecule has 0 amide bonds. The first kappa shape index (κ1) is 16.9. The van der Waals surface area contributed by atoms with Crippen LogP contribution in [0.15, 0.2) is 0 Å². The van der Waals surface area contributed by atoms with Crippen molar-refractivity contribution >= 4 is 0 Å². The zero-order valence-electron chi connectivity index (χ0n) is 12.4. The van der Waals surface area contributed by atoms with Crippen LogP contribution in [0, 0.1) is 0 Å². The van der Waals surface area contributed by atoms with Crippen molar-refractivity contribution in [1.29, 1.82) is 0 Å². The molecule has 1 rings (SSSR count). The van der Waals surface area contributed by atoms with E-state index in [1.54, 1.807) is 0 Å². The van der Waals surface area contributed by atoms with Crippen LogP contribution in [0.1, 0.15) is 26.7 Å². The van der Waals surface area contributed by atoms with Crippen LogP contribution in [-0.4, -0.2) is 64.9 Å². The highest BCUT2D eigenvalue weighted by Gasteiger charge is 2.12. The molecule has 5 heteroatoms. The highest BCUT2D eigenvalue weighted by atomic mass is 16.6. The van der Waals surface area contributed by atoms with Crippen LogP contribution >= 0.6 is 0 Å². The minimum atomic E-state index is 0.270. The summed E-state index contributed by atoms with van der Waals surface area (Å²) in [5, 5.41) is 3.32. The van der Waals surface area contributed by atoms with Gasteiger partial charge in [-0.1, -0.05) is 0 Å². The molecule has 114 valence electrons. The van der Waals surface area contributed by atoms with Crippen LogP contribution in [0.25, 0.3) is 0 Å². The zero-order chi connectivity index (χ0) is 13.8. The lowest BCUT2D eigenvalue weighted by molar-refractivity contribution is -0.0288. The molecule has 19 heavy (non-hydrogen) atoms. The zero-order valence-corrected chi connectivity index (χ0v) is 12.4. The Morgan fingerprint density at radius 3 is 2.11 bits per heavy atom. The molecule has 0 radical (unpaired) electrons. The van der Waals surface area contributed by atoms with Gasteiger partial charge >= 0.3 is 0 Å². The molecular formula is C14H29NO4. The van der Waals surface area contributed by atoms with Gasteiger partial charge < -0.3 is 24.3 Å². The fourth-order valence-corrected chi connectivity index (χ4v) is 1.90. The molecule has 0 atom stereocenters. The SMILES string of the molecule is CC(C)OCCOCCOCCOC1CCNCC1. The molecule has 0 spiro atoms. The van der Waals surface area contributed by atoms with E-state index in [-0.39, 0.29) is 6.10 Å². The molecule has 1 N–H and O–H groups in total. The fraction of sp³-hybridized carbons (Fsp3) is 1.00. The molecular weight excluding hydrogens is 246 g/mol. The largest absolute Gasteiger partial charge is 0.377 e. The summed E-state index contributed by atoms with van der Waals surface area (Å²) in [5.41, 5.74) is 0. The highest BCUT2D eigenvalue weighted by molar-refractivity contribution is 4.67. The lowest BCUT2D eigenvalue weighted by atomic mass is 10.1. The maximum Gasteiger partial charge on any atom is 0.0704 e. The number of piperidine rings is 1. The van der Waals surface area contributed by atoms with Crippen molar-refractivity contribution in [3.05, 3.63) is 0 Å². The first-order valence-corrected chi connectivity index (χ1v) is 7.38. The molecule has 0 unspecified atom stereocenters. The van der Waals surface area contributed by atoms with E-state index in [1.165, 1.54) is 0 Å². The lowest BCUT2D eigenvalue weighted by Crippen LogP contribution is -2.33. The van der Waals surface area contributed by atoms with Gasteiger partial charge in [-0.05, 0) is 39.8 Å². The fourth-order valence-electron chi connectivity index (χ4n) is 1.90. The normalized spacial score (nSPS) is 17.2. The van der Waals surface area contributed by atoms with E-state index in [1.807, 2.05) is 13.8 Å². The Kier molecular flexibility index (Phi) is 10.3. The van der Waals surface area contributed by atoms with Crippen molar-refractivity contribution in [3.63, 3.8) is 0 Å². The van der Waals surface area contributed by atoms with Crippen molar-refractivity contribution in [1.82, 2.24) is 5.32 Å². The van der Waals surface area contributed by atoms with Crippen LogP contribution in [0.3, 0.4) is 0 Å². The summed E-state index contributed by atoms with van der Waals surface area (Å²) in [6.07, 6.45) is 2.90. The second-order valence-corrected chi connectivity index (χ2v) is 4.96. The van der Waals surface area contributed by atoms with Gasteiger partial charge in [0, 0.05) is 0 Å². The monoisotopic (exact) mass is 275 g/mol. The quantitative estimate of drug-likeness (QED) is 0.574.